The highest BCUT2D eigenvalue weighted by atomic mass is 16.5. The summed E-state index contributed by atoms with van der Waals surface area (Å²) in [5.41, 5.74) is 0.776. The Hall–Kier alpha value is -1.92. The molecule has 0 unspecified atom stereocenters. The third-order valence-electron chi connectivity index (χ3n) is 4.29. The van der Waals surface area contributed by atoms with Crippen LogP contribution in [0, 0.1) is 5.41 Å². The Morgan fingerprint density at radius 3 is 2.38 bits per heavy atom. The number of benzene rings is 1. The highest BCUT2D eigenvalue weighted by molar-refractivity contribution is 5.97. The van der Waals surface area contributed by atoms with E-state index < -0.39 is 5.41 Å². The Morgan fingerprint density at radius 1 is 1.21 bits per heavy atom. The number of hydrogen-bond donors (Lipinski definition) is 3. The van der Waals surface area contributed by atoms with E-state index in [-0.39, 0.29) is 17.9 Å². The molecule has 1 heterocycles. The summed E-state index contributed by atoms with van der Waals surface area (Å²) < 4.78 is 5.29. The zero-order valence-corrected chi connectivity index (χ0v) is 14.6. The van der Waals surface area contributed by atoms with E-state index in [1.807, 2.05) is 13.8 Å². The lowest BCUT2D eigenvalue weighted by Gasteiger charge is -2.35. The number of carbonyl (C=O) groups excluding carboxylic acids is 2. The number of anilines is 1. The van der Waals surface area contributed by atoms with Gasteiger partial charge in [-0.05, 0) is 64.0 Å². The molecule has 6 heteroatoms. The molecule has 0 bridgehead atoms. The second-order valence-corrected chi connectivity index (χ2v) is 6.62. The van der Waals surface area contributed by atoms with Gasteiger partial charge in [-0.25, -0.2) is 0 Å². The standard InChI is InChI=1S/C18H27N3O3/c1-13(2)20-16(22)14-4-6-15(7-5-14)21-17(23)18(12-24-3)8-10-19-11-9-18/h4-7,13,19H,8-12H2,1-3H3,(H,20,22)(H,21,23). The maximum Gasteiger partial charge on any atom is 0.251 e. The van der Waals surface area contributed by atoms with Crippen LogP contribution in [0.2, 0.25) is 0 Å². The van der Waals surface area contributed by atoms with Gasteiger partial charge in [0, 0.05) is 24.4 Å². The van der Waals surface area contributed by atoms with Crippen LogP contribution in [0.15, 0.2) is 24.3 Å². The number of amides is 2. The average Bonchev–Trinajstić information content (AvgIpc) is 2.56. The van der Waals surface area contributed by atoms with Gasteiger partial charge in [-0.15, -0.1) is 0 Å². The van der Waals surface area contributed by atoms with Crippen LogP contribution in [0.4, 0.5) is 5.69 Å². The number of ether oxygens (including phenoxy) is 1. The number of nitrogens with one attached hydrogen (secondary N) is 3. The maximum atomic E-state index is 12.7. The summed E-state index contributed by atoms with van der Waals surface area (Å²) in [5, 5.41) is 9.08. The normalized spacial score (nSPS) is 16.7. The Balaban J connectivity index is 2.04. The van der Waals surface area contributed by atoms with E-state index in [9.17, 15) is 9.59 Å². The third-order valence-corrected chi connectivity index (χ3v) is 4.29. The highest BCUT2D eigenvalue weighted by Gasteiger charge is 2.39. The molecule has 1 aromatic carbocycles. The topological polar surface area (TPSA) is 79.5 Å². The van der Waals surface area contributed by atoms with Crippen LogP contribution < -0.4 is 16.0 Å². The zero-order chi connectivity index (χ0) is 17.6. The molecule has 0 radical (unpaired) electrons. The van der Waals surface area contributed by atoms with Gasteiger partial charge in [0.05, 0.1) is 12.0 Å². The van der Waals surface area contributed by atoms with Crippen LogP contribution >= 0.6 is 0 Å². The van der Waals surface area contributed by atoms with E-state index in [1.54, 1.807) is 31.4 Å². The van der Waals surface area contributed by atoms with Gasteiger partial charge in [-0.1, -0.05) is 0 Å². The minimum atomic E-state index is -0.492. The summed E-state index contributed by atoms with van der Waals surface area (Å²) in [6.07, 6.45) is 1.50. The summed E-state index contributed by atoms with van der Waals surface area (Å²) in [7, 11) is 1.62. The molecule has 2 amide bonds. The van der Waals surface area contributed by atoms with E-state index >= 15 is 0 Å². The van der Waals surface area contributed by atoms with Gasteiger partial charge in [0.15, 0.2) is 0 Å². The van der Waals surface area contributed by atoms with Crippen molar-refractivity contribution in [1.82, 2.24) is 10.6 Å². The molecule has 24 heavy (non-hydrogen) atoms. The molecule has 0 saturated carbocycles. The van der Waals surface area contributed by atoms with Crippen LogP contribution in [-0.2, 0) is 9.53 Å². The minimum Gasteiger partial charge on any atom is -0.384 e. The molecule has 1 saturated heterocycles. The van der Waals surface area contributed by atoms with Crippen LogP contribution in [0.25, 0.3) is 0 Å². The molecule has 0 aliphatic carbocycles. The van der Waals surface area contributed by atoms with Crippen LogP contribution in [-0.4, -0.2) is 44.7 Å². The molecule has 0 aromatic heterocycles. The fourth-order valence-corrected chi connectivity index (χ4v) is 2.93. The van der Waals surface area contributed by atoms with Crippen LogP contribution in [0.5, 0.6) is 0 Å². The number of carbonyl (C=O) groups is 2. The molecule has 1 fully saturated rings. The van der Waals surface area contributed by atoms with Gasteiger partial charge in [0.25, 0.3) is 5.91 Å². The molecule has 0 spiro atoms. The Morgan fingerprint density at radius 2 is 1.83 bits per heavy atom. The fourth-order valence-electron chi connectivity index (χ4n) is 2.93. The maximum absolute atomic E-state index is 12.7. The number of methoxy groups -OCH3 is 1. The molecule has 1 aliphatic rings. The predicted octanol–water partition coefficient (Wildman–Crippen LogP) is 1.78. The first-order chi connectivity index (χ1) is 11.5. The molecular weight excluding hydrogens is 306 g/mol. The van der Waals surface area contributed by atoms with Crippen molar-refractivity contribution >= 4 is 17.5 Å². The largest absolute Gasteiger partial charge is 0.384 e. The van der Waals surface area contributed by atoms with E-state index in [4.69, 9.17) is 4.74 Å². The zero-order valence-electron chi connectivity index (χ0n) is 14.6. The van der Waals surface area contributed by atoms with Crippen molar-refractivity contribution < 1.29 is 14.3 Å². The van der Waals surface area contributed by atoms with Crippen LogP contribution in [0.3, 0.4) is 0 Å². The van der Waals surface area contributed by atoms with Crippen molar-refractivity contribution in [2.24, 2.45) is 5.41 Å². The lowest BCUT2D eigenvalue weighted by Crippen LogP contribution is -2.47. The molecule has 1 aromatic rings. The van der Waals surface area contributed by atoms with E-state index in [0.29, 0.717) is 17.9 Å². The predicted molar refractivity (Wildman–Crippen MR) is 94.1 cm³/mol. The van der Waals surface area contributed by atoms with Crippen molar-refractivity contribution in [3.8, 4) is 0 Å². The SMILES string of the molecule is COCC1(C(=O)Nc2ccc(C(=O)NC(C)C)cc2)CCNCC1. The Bertz CT molecular complexity index is 558. The smallest absolute Gasteiger partial charge is 0.251 e. The van der Waals surface area contributed by atoms with Gasteiger partial charge in [-0.3, -0.25) is 9.59 Å². The number of piperidine rings is 1. The second-order valence-electron chi connectivity index (χ2n) is 6.62. The lowest BCUT2D eigenvalue weighted by molar-refractivity contribution is -0.130. The summed E-state index contributed by atoms with van der Waals surface area (Å²) in [6.45, 7) is 5.87. The van der Waals surface area contributed by atoms with Crippen molar-refractivity contribution in [2.75, 3.05) is 32.1 Å². The first-order valence-electron chi connectivity index (χ1n) is 8.39. The van der Waals surface area contributed by atoms with Gasteiger partial charge in [0.2, 0.25) is 5.91 Å². The van der Waals surface area contributed by atoms with Crippen molar-refractivity contribution in [3.63, 3.8) is 0 Å². The van der Waals surface area contributed by atoms with Gasteiger partial charge >= 0.3 is 0 Å². The van der Waals surface area contributed by atoms with Crippen molar-refractivity contribution in [1.29, 1.82) is 0 Å². The van der Waals surface area contributed by atoms with Gasteiger partial charge in [-0.2, -0.15) is 0 Å². The molecular formula is C18H27N3O3. The quantitative estimate of drug-likeness (QED) is 0.741. The summed E-state index contributed by atoms with van der Waals surface area (Å²) in [4.78, 5) is 24.7. The summed E-state index contributed by atoms with van der Waals surface area (Å²) in [6, 6.07) is 7.05. The van der Waals surface area contributed by atoms with E-state index in [0.717, 1.165) is 25.9 Å². The summed E-state index contributed by atoms with van der Waals surface area (Å²) in [5.74, 6) is -0.137. The van der Waals surface area contributed by atoms with Crippen molar-refractivity contribution in [3.05, 3.63) is 29.8 Å². The summed E-state index contributed by atoms with van der Waals surface area (Å²) >= 11 is 0. The highest BCUT2D eigenvalue weighted by Crippen LogP contribution is 2.30. The lowest BCUT2D eigenvalue weighted by atomic mass is 9.78. The first-order valence-corrected chi connectivity index (χ1v) is 8.39. The molecule has 6 nitrogen and oxygen atoms in total. The molecule has 2 rings (SSSR count). The first kappa shape index (κ1) is 18.4. The molecule has 0 atom stereocenters. The Kier molecular flexibility index (Phi) is 6.34. The molecule has 3 N–H and O–H groups in total. The van der Waals surface area contributed by atoms with E-state index in [2.05, 4.69) is 16.0 Å². The van der Waals surface area contributed by atoms with Gasteiger partial charge < -0.3 is 20.7 Å². The molecule has 1 aliphatic heterocycles. The number of rotatable bonds is 6. The minimum absolute atomic E-state index is 0.0229. The second kappa shape index (κ2) is 8.26. The van der Waals surface area contributed by atoms with E-state index in [1.165, 1.54) is 0 Å². The molecule has 132 valence electrons. The fraction of sp³-hybridized carbons (Fsp3) is 0.556. The monoisotopic (exact) mass is 333 g/mol. The average molecular weight is 333 g/mol. The van der Waals surface area contributed by atoms with Crippen LogP contribution in [0.1, 0.15) is 37.0 Å². The van der Waals surface area contributed by atoms with Crippen molar-refractivity contribution in [2.45, 2.75) is 32.7 Å². The number of hydrogen-bond acceptors (Lipinski definition) is 4. The third kappa shape index (κ3) is 4.55. The Labute approximate surface area is 143 Å². The van der Waals surface area contributed by atoms with Gasteiger partial charge in [0.1, 0.15) is 0 Å².